The molecule has 0 aliphatic heterocycles. The van der Waals surface area contributed by atoms with Crippen LogP contribution in [0.1, 0.15) is 11.4 Å². The average molecular weight is 514 g/mol. The molecule has 2 heterocycles. The zero-order valence-electron chi connectivity index (χ0n) is 21.2. The molecule has 0 bridgehead atoms. The maximum Gasteiger partial charge on any atom is 1.20 e. The van der Waals surface area contributed by atoms with Crippen LogP contribution in [0.2, 0.25) is 0 Å². The number of aryl methyl sites for hydroxylation is 2. The smallest absolute Gasteiger partial charge is 0.577 e. The van der Waals surface area contributed by atoms with Gasteiger partial charge in [-0.25, -0.2) is 9.97 Å². The number of fused-ring (bicyclic) bond motifs is 2. The first-order chi connectivity index (χ1) is 18.6. The maximum atomic E-state index is 6.52. The van der Waals surface area contributed by atoms with Gasteiger partial charge in [0.15, 0.2) is 11.4 Å². The molecular formula is C32H26AlN2O3+. The summed E-state index contributed by atoms with van der Waals surface area (Å²) in [6.45, 7) is 4.00. The number of benzene rings is 4. The number of rotatable bonds is 7. The van der Waals surface area contributed by atoms with Crippen molar-refractivity contribution in [2.45, 2.75) is 13.8 Å². The Balaban J connectivity index is 1.35. The van der Waals surface area contributed by atoms with Crippen LogP contribution in [0, 0.1) is 13.8 Å². The Morgan fingerprint density at radius 3 is 2.08 bits per heavy atom. The summed E-state index contributed by atoms with van der Waals surface area (Å²) in [5.41, 5.74) is 5.92. The van der Waals surface area contributed by atoms with Gasteiger partial charge < -0.3 is 11.4 Å². The van der Waals surface area contributed by atoms with Crippen molar-refractivity contribution in [3.63, 3.8) is 0 Å². The van der Waals surface area contributed by atoms with Crippen molar-refractivity contribution in [2.24, 2.45) is 0 Å². The van der Waals surface area contributed by atoms with E-state index in [4.69, 9.17) is 16.3 Å². The Morgan fingerprint density at radius 1 is 0.579 bits per heavy atom. The van der Waals surface area contributed by atoms with Crippen molar-refractivity contribution in [3.8, 4) is 28.4 Å². The molecule has 0 unspecified atom stereocenters. The van der Waals surface area contributed by atoms with Crippen LogP contribution < -0.4 is 16.3 Å². The number of pyridine rings is 2. The zero-order chi connectivity index (χ0) is 25.9. The van der Waals surface area contributed by atoms with E-state index in [0.29, 0.717) is 17.2 Å². The van der Waals surface area contributed by atoms with Crippen molar-refractivity contribution in [2.75, 3.05) is 0 Å². The van der Waals surface area contributed by atoms with Crippen LogP contribution in [0.3, 0.4) is 0 Å². The van der Waals surface area contributed by atoms with E-state index in [-0.39, 0.29) is 0 Å². The molecule has 0 aliphatic rings. The molecule has 2 aromatic heterocycles. The minimum Gasteiger partial charge on any atom is -0.577 e. The van der Waals surface area contributed by atoms with E-state index in [0.717, 1.165) is 44.3 Å². The molecule has 0 saturated heterocycles. The number of H-pyrrole nitrogens is 1. The highest BCUT2D eigenvalue weighted by molar-refractivity contribution is 6.40. The number of aromatic nitrogens is 2. The van der Waals surface area contributed by atoms with Crippen LogP contribution in [0.4, 0.5) is 0 Å². The minimum absolute atomic E-state index is 0.643. The van der Waals surface area contributed by atoms with Gasteiger partial charge in [0.1, 0.15) is 11.3 Å². The fourth-order valence-corrected chi connectivity index (χ4v) is 5.76. The highest BCUT2D eigenvalue weighted by Crippen LogP contribution is 2.28. The van der Waals surface area contributed by atoms with Gasteiger partial charge in [0.25, 0.3) is 0 Å². The molecule has 6 heteroatoms. The second kappa shape index (κ2) is 10.6. The third-order valence-corrected chi connectivity index (χ3v) is 7.71. The summed E-state index contributed by atoms with van der Waals surface area (Å²) in [7, 11) is 0. The van der Waals surface area contributed by atoms with E-state index in [2.05, 4.69) is 29.2 Å². The van der Waals surface area contributed by atoms with E-state index >= 15 is 0 Å². The molecule has 6 rings (SSSR count). The lowest BCUT2D eigenvalue weighted by atomic mass is 10.1. The quantitative estimate of drug-likeness (QED) is 0.216. The van der Waals surface area contributed by atoms with Crippen molar-refractivity contribution in [3.05, 3.63) is 127 Å². The van der Waals surface area contributed by atoms with Crippen LogP contribution in [-0.4, -0.2) is 20.1 Å². The normalized spacial score (nSPS) is 10.9. The number of aromatic amines is 1. The van der Waals surface area contributed by atoms with Gasteiger partial charge >= 0.3 is 15.1 Å². The molecule has 0 radical (unpaired) electrons. The molecule has 5 nitrogen and oxygen atoms in total. The molecule has 0 fully saturated rings. The molecule has 1 N–H and O–H groups in total. The Labute approximate surface area is 226 Å². The Kier molecular flexibility index (Phi) is 6.66. The highest BCUT2D eigenvalue weighted by atomic mass is 27.3. The largest absolute Gasteiger partial charge is 1.20 e. The van der Waals surface area contributed by atoms with E-state index in [9.17, 15) is 0 Å². The third kappa shape index (κ3) is 5.19. The maximum absolute atomic E-state index is 6.52. The standard InChI is InChI=1S/C12H10O.2C10H9NO.Al/c13-12-8-6-11(7-9-12)10-4-2-1-3-5-10;2*1-7-5-6-8-3-2-4-9(12)10(8)11-7;/h1-9,13H;2*2-6,12H,1H3;/q;;;+3/p-2. The van der Waals surface area contributed by atoms with Crippen LogP contribution in [0.15, 0.2) is 115 Å². The van der Waals surface area contributed by atoms with Gasteiger partial charge in [-0.2, -0.15) is 0 Å². The Bertz CT molecular complexity index is 1640. The molecule has 0 saturated carbocycles. The monoisotopic (exact) mass is 513 g/mol. The number of hydrogen-bond donors (Lipinski definition) is 0. The molecule has 38 heavy (non-hydrogen) atoms. The van der Waals surface area contributed by atoms with Crippen molar-refractivity contribution in [1.82, 2.24) is 4.98 Å². The van der Waals surface area contributed by atoms with E-state index < -0.39 is 15.1 Å². The fourth-order valence-electron chi connectivity index (χ4n) is 4.43. The number of nitrogens with one attached hydrogen (secondary N) is 1. The first-order valence-corrected chi connectivity index (χ1v) is 14.0. The lowest BCUT2D eigenvalue weighted by Gasteiger charge is -2.17. The predicted molar refractivity (Wildman–Crippen MR) is 151 cm³/mol. The van der Waals surface area contributed by atoms with Crippen molar-refractivity contribution >= 4 is 37.0 Å². The number of hydrogen-bond acceptors (Lipinski definition) is 4. The summed E-state index contributed by atoms with van der Waals surface area (Å²) in [4.78, 5) is 8.16. The Morgan fingerprint density at radius 2 is 1.26 bits per heavy atom. The van der Waals surface area contributed by atoms with Gasteiger partial charge in [0.2, 0.25) is 5.52 Å². The topological polar surface area (TPSA) is 54.7 Å². The summed E-state index contributed by atoms with van der Waals surface area (Å²) in [5.74, 6) is 2.02. The van der Waals surface area contributed by atoms with Crippen LogP contribution >= 0.6 is 0 Å². The second-order valence-corrected chi connectivity index (χ2v) is 10.5. The van der Waals surface area contributed by atoms with E-state index in [1.807, 2.05) is 105 Å². The third-order valence-electron chi connectivity index (χ3n) is 6.36. The molecule has 0 spiro atoms. The Hall–Kier alpha value is -4.37. The lowest BCUT2D eigenvalue weighted by molar-refractivity contribution is -0.355. The van der Waals surface area contributed by atoms with Crippen molar-refractivity contribution in [1.29, 1.82) is 0 Å². The molecule has 4 aromatic carbocycles. The van der Waals surface area contributed by atoms with Gasteiger partial charge in [0, 0.05) is 24.1 Å². The zero-order valence-corrected chi connectivity index (χ0v) is 22.4. The SMILES string of the molecule is Cc1ccc2cccc([O][Al]([O]c3ccc(-c4ccccc4)cc3)[O]c3cccc4ccc(C)[nH+]c34)c2n1. The van der Waals surface area contributed by atoms with Gasteiger partial charge in [-0.15, -0.1) is 0 Å². The van der Waals surface area contributed by atoms with Gasteiger partial charge in [-0.05, 0) is 60.5 Å². The molecule has 184 valence electrons. The molecule has 0 amide bonds. The molecule has 0 atom stereocenters. The van der Waals surface area contributed by atoms with Gasteiger partial charge in [-0.1, -0.05) is 66.7 Å². The van der Waals surface area contributed by atoms with Gasteiger partial charge in [0.05, 0.1) is 11.1 Å². The van der Waals surface area contributed by atoms with Gasteiger partial charge in [-0.3, -0.25) is 0 Å². The van der Waals surface area contributed by atoms with Crippen LogP contribution in [0.25, 0.3) is 32.9 Å². The lowest BCUT2D eigenvalue weighted by Crippen LogP contribution is -2.37. The average Bonchev–Trinajstić information content (AvgIpc) is 2.94. The predicted octanol–water partition coefficient (Wildman–Crippen LogP) is 7.01. The van der Waals surface area contributed by atoms with E-state index in [1.54, 1.807) is 0 Å². The summed E-state index contributed by atoms with van der Waals surface area (Å²) in [6, 6.07) is 38.3. The summed E-state index contributed by atoms with van der Waals surface area (Å²) >= 11 is -2.81. The highest BCUT2D eigenvalue weighted by Gasteiger charge is 2.45. The molecule has 0 aliphatic carbocycles. The number of nitrogens with zero attached hydrogens (tertiary/aromatic N) is 1. The number of para-hydroxylation sites is 2. The first kappa shape index (κ1) is 24.0. The summed E-state index contributed by atoms with van der Waals surface area (Å²) < 4.78 is 19.4. The molecule has 6 aromatic rings. The summed E-state index contributed by atoms with van der Waals surface area (Å²) in [5, 5.41) is 2.05. The minimum atomic E-state index is -2.81. The fraction of sp³-hybridized carbons (Fsp3) is 0.0625. The summed E-state index contributed by atoms with van der Waals surface area (Å²) in [6.07, 6.45) is 0. The van der Waals surface area contributed by atoms with E-state index in [1.165, 1.54) is 0 Å². The van der Waals surface area contributed by atoms with Crippen molar-refractivity contribution < 1.29 is 16.3 Å². The van der Waals surface area contributed by atoms with Crippen LogP contribution in [0.5, 0.6) is 17.2 Å². The van der Waals surface area contributed by atoms with Crippen LogP contribution in [-0.2, 0) is 0 Å². The molecular weight excluding hydrogens is 487 g/mol. The second-order valence-electron chi connectivity index (χ2n) is 9.17. The first-order valence-electron chi connectivity index (χ1n) is 12.6.